The van der Waals surface area contributed by atoms with Crippen molar-refractivity contribution < 1.29 is 5.11 Å². The fourth-order valence-corrected chi connectivity index (χ4v) is 1.74. The van der Waals surface area contributed by atoms with Crippen molar-refractivity contribution in [3.8, 4) is 0 Å². The summed E-state index contributed by atoms with van der Waals surface area (Å²) < 4.78 is 0. The van der Waals surface area contributed by atoms with E-state index in [4.69, 9.17) is 11.6 Å². The van der Waals surface area contributed by atoms with Gasteiger partial charge in [0.1, 0.15) is 16.8 Å². The second kappa shape index (κ2) is 5.19. The zero-order chi connectivity index (χ0) is 12.4. The molecule has 2 rings (SSSR count). The number of anilines is 1. The van der Waals surface area contributed by atoms with Crippen LogP contribution in [0.3, 0.4) is 0 Å². The van der Waals surface area contributed by atoms with E-state index in [1.165, 1.54) is 0 Å². The van der Waals surface area contributed by atoms with Crippen molar-refractivity contribution in [3.63, 3.8) is 0 Å². The lowest BCUT2D eigenvalue weighted by Crippen LogP contribution is -2.20. The first-order chi connectivity index (χ1) is 8.11. The summed E-state index contributed by atoms with van der Waals surface area (Å²) in [6.07, 6.45) is 2.67. The number of nitrogens with one attached hydrogen (secondary N) is 1. The molecule has 0 saturated heterocycles. The maximum Gasteiger partial charge on any atom is 0.137 e. The highest BCUT2D eigenvalue weighted by Crippen LogP contribution is 2.39. The van der Waals surface area contributed by atoms with Crippen molar-refractivity contribution >= 4 is 17.4 Å². The van der Waals surface area contributed by atoms with E-state index in [0.29, 0.717) is 17.6 Å². The Morgan fingerprint density at radius 3 is 2.76 bits per heavy atom. The van der Waals surface area contributed by atoms with Gasteiger partial charge in [-0.05, 0) is 26.2 Å². The zero-order valence-electron chi connectivity index (χ0n) is 10.2. The van der Waals surface area contributed by atoms with Gasteiger partial charge in [-0.1, -0.05) is 18.5 Å². The molecule has 0 aliphatic heterocycles. The molecule has 0 spiro atoms. The van der Waals surface area contributed by atoms with Gasteiger partial charge in [0.2, 0.25) is 0 Å². The number of halogens is 1. The number of hydrogen-bond acceptors (Lipinski definition) is 4. The molecule has 4 nitrogen and oxygen atoms in total. The zero-order valence-corrected chi connectivity index (χ0v) is 11.0. The number of aliphatic hydroxyl groups excluding tert-OH is 1. The fraction of sp³-hybridized carbons (Fsp3) is 0.667. The lowest BCUT2D eigenvalue weighted by atomic mass is 10.2. The molecule has 94 valence electrons. The van der Waals surface area contributed by atoms with Crippen molar-refractivity contribution in [2.45, 2.75) is 45.1 Å². The average molecular weight is 256 g/mol. The number of aromatic nitrogens is 2. The summed E-state index contributed by atoms with van der Waals surface area (Å²) in [5, 5.41) is 13.2. The van der Waals surface area contributed by atoms with E-state index in [1.54, 1.807) is 0 Å². The Labute approximate surface area is 106 Å². The Balaban J connectivity index is 2.13. The Morgan fingerprint density at radius 2 is 2.18 bits per heavy atom. The van der Waals surface area contributed by atoms with Crippen molar-refractivity contribution in [3.05, 3.63) is 16.5 Å². The normalized spacial score (nSPS) is 16.9. The highest BCUT2D eigenvalue weighted by atomic mass is 35.5. The van der Waals surface area contributed by atoms with Crippen LogP contribution in [0.1, 0.15) is 43.5 Å². The van der Waals surface area contributed by atoms with E-state index in [1.807, 2.05) is 13.8 Å². The molecular formula is C12H18ClN3O. The first kappa shape index (κ1) is 12.6. The second-order valence-corrected chi connectivity index (χ2v) is 4.92. The molecule has 0 amide bonds. The van der Waals surface area contributed by atoms with Crippen LogP contribution in [0.2, 0.25) is 5.15 Å². The predicted molar refractivity (Wildman–Crippen MR) is 68.5 cm³/mol. The van der Waals surface area contributed by atoms with E-state index in [2.05, 4.69) is 15.3 Å². The molecule has 1 aromatic heterocycles. The van der Waals surface area contributed by atoms with Crippen LogP contribution in [-0.4, -0.2) is 27.7 Å². The Hall–Kier alpha value is -0.870. The van der Waals surface area contributed by atoms with Gasteiger partial charge in [0.05, 0.1) is 6.10 Å². The third-order valence-electron chi connectivity index (χ3n) is 3.02. The van der Waals surface area contributed by atoms with Crippen LogP contribution in [-0.2, 0) is 0 Å². The van der Waals surface area contributed by atoms with E-state index in [0.717, 1.165) is 36.5 Å². The quantitative estimate of drug-likeness (QED) is 0.794. The summed E-state index contributed by atoms with van der Waals surface area (Å²) >= 11 is 6.09. The van der Waals surface area contributed by atoms with Gasteiger partial charge in [0.15, 0.2) is 0 Å². The Morgan fingerprint density at radius 1 is 1.47 bits per heavy atom. The summed E-state index contributed by atoms with van der Waals surface area (Å²) in [5.74, 6) is 2.05. The molecule has 1 saturated carbocycles. The average Bonchev–Trinajstić information content (AvgIpc) is 3.14. The predicted octanol–water partition coefficient (Wildman–Crippen LogP) is 2.50. The van der Waals surface area contributed by atoms with Crippen LogP contribution in [0.5, 0.6) is 0 Å². The molecule has 1 aromatic rings. The van der Waals surface area contributed by atoms with Gasteiger partial charge in [0.25, 0.3) is 0 Å². The highest BCUT2D eigenvalue weighted by Gasteiger charge is 2.28. The first-order valence-electron chi connectivity index (χ1n) is 6.07. The van der Waals surface area contributed by atoms with Crippen molar-refractivity contribution in [1.29, 1.82) is 0 Å². The third-order valence-corrected chi connectivity index (χ3v) is 3.39. The van der Waals surface area contributed by atoms with Crippen molar-refractivity contribution in [2.24, 2.45) is 0 Å². The molecule has 1 heterocycles. The van der Waals surface area contributed by atoms with E-state index in [9.17, 15) is 5.11 Å². The minimum Gasteiger partial charge on any atom is -0.391 e. The first-order valence-corrected chi connectivity index (χ1v) is 6.45. The summed E-state index contributed by atoms with van der Waals surface area (Å²) in [7, 11) is 0. The maximum atomic E-state index is 9.53. The highest BCUT2D eigenvalue weighted by molar-refractivity contribution is 6.30. The minimum absolute atomic E-state index is 0.354. The molecular weight excluding hydrogens is 238 g/mol. The fourth-order valence-electron chi connectivity index (χ4n) is 1.56. The molecule has 0 aromatic carbocycles. The van der Waals surface area contributed by atoms with Gasteiger partial charge >= 0.3 is 0 Å². The van der Waals surface area contributed by atoms with Crippen LogP contribution in [0.15, 0.2) is 0 Å². The second-order valence-electron chi connectivity index (χ2n) is 4.56. The van der Waals surface area contributed by atoms with E-state index >= 15 is 0 Å². The van der Waals surface area contributed by atoms with Crippen LogP contribution >= 0.6 is 11.6 Å². The smallest absolute Gasteiger partial charge is 0.137 e. The third kappa shape index (κ3) is 3.07. The van der Waals surface area contributed by atoms with Gasteiger partial charge in [-0.2, -0.15) is 0 Å². The van der Waals surface area contributed by atoms with Crippen LogP contribution in [0, 0.1) is 6.92 Å². The van der Waals surface area contributed by atoms with Crippen molar-refractivity contribution in [2.75, 3.05) is 11.9 Å². The lowest BCUT2D eigenvalue weighted by molar-refractivity contribution is 0.183. The standard InChI is InChI=1S/C12H18ClN3O/c1-3-9(17)6-14-11-7(2)10(13)15-12(16-11)8-4-5-8/h8-9,17H,3-6H2,1-2H3,(H,14,15,16). The SMILES string of the molecule is CCC(O)CNc1nc(C2CC2)nc(Cl)c1C. The van der Waals surface area contributed by atoms with Crippen LogP contribution < -0.4 is 5.32 Å². The van der Waals surface area contributed by atoms with Gasteiger partial charge in [-0.15, -0.1) is 0 Å². The topological polar surface area (TPSA) is 58.0 Å². The van der Waals surface area contributed by atoms with Crippen LogP contribution in [0.25, 0.3) is 0 Å². The number of nitrogens with zero attached hydrogens (tertiary/aromatic N) is 2. The largest absolute Gasteiger partial charge is 0.391 e. The molecule has 0 radical (unpaired) electrons. The molecule has 1 aliphatic rings. The summed E-state index contributed by atoms with van der Waals surface area (Å²) in [5.41, 5.74) is 0.847. The minimum atomic E-state index is -0.354. The van der Waals surface area contributed by atoms with Crippen molar-refractivity contribution in [1.82, 2.24) is 9.97 Å². The van der Waals surface area contributed by atoms with E-state index < -0.39 is 0 Å². The number of rotatable bonds is 5. The number of hydrogen-bond donors (Lipinski definition) is 2. The number of aliphatic hydroxyl groups is 1. The molecule has 0 bridgehead atoms. The Kier molecular flexibility index (Phi) is 3.84. The van der Waals surface area contributed by atoms with Gasteiger partial charge in [-0.3, -0.25) is 0 Å². The molecule has 1 aliphatic carbocycles. The molecule has 1 atom stereocenters. The monoisotopic (exact) mass is 255 g/mol. The van der Waals surface area contributed by atoms with Gasteiger partial charge < -0.3 is 10.4 Å². The summed E-state index contributed by atoms with van der Waals surface area (Å²) in [6, 6.07) is 0. The molecule has 1 fully saturated rings. The molecule has 1 unspecified atom stereocenters. The van der Waals surface area contributed by atoms with Gasteiger partial charge in [0, 0.05) is 18.0 Å². The molecule has 2 N–H and O–H groups in total. The molecule has 5 heteroatoms. The van der Waals surface area contributed by atoms with E-state index in [-0.39, 0.29) is 6.10 Å². The van der Waals surface area contributed by atoms with Crippen LogP contribution in [0.4, 0.5) is 5.82 Å². The maximum absolute atomic E-state index is 9.53. The summed E-state index contributed by atoms with van der Waals surface area (Å²) in [6.45, 7) is 4.33. The Bertz CT molecular complexity index is 407. The van der Waals surface area contributed by atoms with Gasteiger partial charge in [-0.25, -0.2) is 9.97 Å². The summed E-state index contributed by atoms with van der Waals surface area (Å²) in [4.78, 5) is 8.78. The molecule has 17 heavy (non-hydrogen) atoms. The lowest BCUT2D eigenvalue weighted by Gasteiger charge is -2.13.